The van der Waals surface area contributed by atoms with Crippen molar-refractivity contribution in [3.05, 3.63) is 70.9 Å². The number of hydrogen-bond donors (Lipinski definition) is 0. The molecule has 2 aliphatic rings. The highest BCUT2D eigenvalue weighted by Crippen LogP contribution is 2.43. The van der Waals surface area contributed by atoms with Crippen LogP contribution in [0.1, 0.15) is 37.7 Å². The van der Waals surface area contributed by atoms with Crippen molar-refractivity contribution >= 4 is 5.95 Å². The molecule has 148 valence electrons. The smallest absolute Gasteiger partial charge is 0.255 e. The van der Waals surface area contributed by atoms with Crippen molar-refractivity contribution in [2.45, 2.75) is 50.6 Å². The number of benzene rings is 1. The second kappa shape index (κ2) is 7.43. The van der Waals surface area contributed by atoms with Gasteiger partial charge in [-0.05, 0) is 37.3 Å². The predicted molar refractivity (Wildman–Crippen MR) is 113 cm³/mol. The van der Waals surface area contributed by atoms with E-state index >= 15 is 0 Å². The Morgan fingerprint density at radius 1 is 1.00 bits per heavy atom. The Hall–Kier alpha value is -3.02. The molecular weight excluding hydrogens is 362 g/mol. The molecule has 0 atom stereocenters. The van der Waals surface area contributed by atoms with Crippen molar-refractivity contribution in [2.24, 2.45) is 0 Å². The average molecular weight is 387 g/mol. The molecule has 0 bridgehead atoms. The van der Waals surface area contributed by atoms with Crippen LogP contribution >= 0.6 is 0 Å². The Morgan fingerprint density at radius 2 is 1.83 bits per heavy atom. The number of hydrogen-bond acceptors (Lipinski definition) is 5. The highest BCUT2D eigenvalue weighted by Gasteiger charge is 2.43. The van der Waals surface area contributed by atoms with Gasteiger partial charge in [0.2, 0.25) is 5.95 Å². The van der Waals surface area contributed by atoms with Gasteiger partial charge in [-0.2, -0.15) is 0 Å². The third kappa shape index (κ3) is 3.33. The fourth-order valence-corrected chi connectivity index (χ4v) is 4.93. The molecule has 1 saturated carbocycles. The largest absolute Gasteiger partial charge is 0.336 e. The number of aromatic nitrogens is 4. The lowest BCUT2D eigenvalue weighted by Crippen LogP contribution is -2.54. The van der Waals surface area contributed by atoms with Gasteiger partial charge in [0.15, 0.2) is 0 Å². The maximum atomic E-state index is 12.9. The van der Waals surface area contributed by atoms with E-state index in [0.29, 0.717) is 11.4 Å². The Kier molecular flexibility index (Phi) is 4.62. The predicted octanol–water partition coefficient (Wildman–Crippen LogP) is 3.47. The summed E-state index contributed by atoms with van der Waals surface area (Å²) in [5, 5.41) is 0. The minimum Gasteiger partial charge on any atom is -0.336 e. The fourth-order valence-electron chi connectivity index (χ4n) is 4.93. The summed E-state index contributed by atoms with van der Waals surface area (Å²) in [5.74, 6) is 0.801. The van der Waals surface area contributed by atoms with Crippen LogP contribution in [-0.2, 0) is 13.0 Å². The third-order valence-electron chi connectivity index (χ3n) is 6.45. The van der Waals surface area contributed by atoms with Crippen molar-refractivity contribution in [3.63, 3.8) is 0 Å². The van der Waals surface area contributed by atoms with Crippen LogP contribution in [0.5, 0.6) is 0 Å². The van der Waals surface area contributed by atoms with Crippen molar-refractivity contribution in [3.8, 4) is 11.4 Å². The van der Waals surface area contributed by atoms with Crippen LogP contribution in [-0.4, -0.2) is 31.6 Å². The molecule has 1 spiro atoms. The summed E-state index contributed by atoms with van der Waals surface area (Å²) in [6.07, 6.45) is 9.99. The number of nitrogens with zero attached hydrogens (tertiary/aromatic N) is 5. The molecule has 1 fully saturated rings. The topological polar surface area (TPSA) is 63.9 Å². The standard InChI is InChI=1S/C23H25N5O/c29-21-16-20(19-8-13-24-17-25-19)26-22-27(21)15-12-23(10-4-5-11-23)28(22)14-9-18-6-2-1-3-7-18/h1-3,6-8,13,16-17H,4-5,9-12,14-15H2. The molecule has 3 heterocycles. The Balaban J connectivity index is 1.57. The fraction of sp³-hybridized carbons (Fsp3) is 0.391. The van der Waals surface area contributed by atoms with Gasteiger partial charge in [-0.1, -0.05) is 43.2 Å². The number of anilines is 1. The van der Waals surface area contributed by atoms with Crippen molar-refractivity contribution in [2.75, 3.05) is 11.4 Å². The summed E-state index contributed by atoms with van der Waals surface area (Å²) in [4.78, 5) is 28.6. The van der Waals surface area contributed by atoms with E-state index in [-0.39, 0.29) is 11.1 Å². The van der Waals surface area contributed by atoms with E-state index in [0.717, 1.165) is 31.9 Å². The van der Waals surface area contributed by atoms with Gasteiger partial charge in [0, 0.05) is 30.9 Å². The van der Waals surface area contributed by atoms with Gasteiger partial charge in [0.1, 0.15) is 6.33 Å². The van der Waals surface area contributed by atoms with Gasteiger partial charge in [0.05, 0.1) is 11.4 Å². The lowest BCUT2D eigenvalue weighted by atomic mass is 9.89. The summed E-state index contributed by atoms with van der Waals surface area (Å²) in [6, 6.07) is 14.0. The van der Waals surface area contributed by atoms with Crippen LogP contribution in [0.15, 0.2) is 59.8 Å². The quantitative estimate of drug-likeness (QED) is 0.686. The Bertz CT molecular complexity index is 1040. The summed E-state index contributed by atoms with van der Waals surface area (Å²) < 4.78 is 1.85. The molecule has 1 aliphatic carbocycles. The van der Waals surface area contributed by atoms with Crippen LogP contribution in [0.25, 0.3) is 11.4 Å². The average Bonchev–Trinajstić information content (AvgIpc) is 3.23. The van der Waals surface area contributed by atoms with Gasteiger partial charge in [-0.15, -0.1) is 0 Å². The van der Waals surface area contributed by atoms with Crippen LogP contribution in [0.3, 0.4) is 0 Å². The summed E-state index contributed by atoms with van der Waals surface area (Å²) in [5.41, 5.74) is 2.75. The molecular formula is C23H25N5O. The van der Waals surface area contributed by atoms with Crippen LogP contribution < -0.4 is 10.5 Å². The molecule has 3 aromatic rings. The molecule has 0 radical (unpaired) electrons. The monoisotopic (exact) mass is 387 g/mol. The minimum absolute atomic E-state index is 0.00108. The Morgan fingerprint density at radius 3 is 2.59 bits per heavy atom. The van der Waals surface area contributed by atoms with Gasteiger partial charge in [-0.3, -0.25) is 9.36 Å². The maximum Gasteiger partial charge on any atom is 0.255 e. The third-order valence-corrected chi connectivity index (χ3v) is 6.45. The van der Waals surface area contributed by atoms with Crippen LogP contribution in [0, 0.1) is 0 Å². The highest BCUT2D eigenvalue weighted by molar-refractivity contribution is 5.56. The minimum atomic E-state index is 0.00108. The first-order valence-corrected chi connectivity index (χ1v) is 10.5. The first-order chi connectivity index (χ1) is 14.3. The molecule has 1 aliphatic heterocycles. The molecule has 0 N–H and O–H groups in total. The molecule has 0 saturated heterocycles. The molecule has 1 aromatic carbocycles. The van der Waals surface area contributed by atoms with Crippen molar-refractivity contribution in [1.29, 1.82) is 0 Å². The van der Waals surface area contributed by atoms with E-state index in [9.17, 15) is 4.79 Å². The van der Waals surface area contributed by atoms with E-state index < -0.39 is 0 Å². The first kappa shape index (κ1) is 18.0. The van der Waals surface area contributed by atoms with E-state index in [2.05, 4.69) is 39.1 Å². The summed E-state index contributed by atoms with van der Waals surface area (Å²) >= 11 is 0. The maximum absolute atomic E-state index is 12.9. The Labute approximate surface area is 170 Å². The number of rotatable bonds is 4. The van der Waals surface area contributed by atoms with Crippen molar-refractivity contribution in [1.82, 2.24) is 19.5 Å². The normalized spacial score (nSPS) is 17.4. The molecule has 0 unspecified atom stereocenters. The molecule has 6 nitrogen and oxygen atoms in total. The second-order valence-corrected chi connectivity index (χ2v) is 8.09. The van der Waals surface area contributed by atoms with Gasteiger partial charge in [0.25, 0.3) is 5.56 Å². The second-order valence-electron chi connectivity index (χ2n) is 8.09. The van der Waals surface area contributed by atoms with Gasteiger partial charge >= 0.3 is 0 Å². The molecule has 29 heavy (non-hydrogen) atoms. The van der Waals surface area contributed by atoms with E-state index in [1.807, 2.05) is 10.6 Å². The SMILES string of the molecule is O=c1cc(-c2ccncn2)nc2n1CCC1(CCCC1)N2CCc1ccccc1. The van der Waals surface area contributed by atoms with Crippen LogP contribution in [0.4, 0.5) is 5.95 Å². The van der Waals surface area contributed by atoms with Crippen molar-refractivity contribution < 1.29 is 0 Å². The summed E-state index contributed by atoms with van der Waals surface area (Å²) in [7, 11) is 0. The lowest BCUT2D eigenvalue weighted by molar-refractivity contribution is 0.304. The van der Waals surface area contributed by atoms with E-state index in [1.54, 1.807) is 18.3 Å². The zero-order chi connectivity index (χ0) is 19.7. The molecule has 5 rings (SSSR count). The van der Waals surface area contributed by atoms with E-state index in [1.165, 1.54) is 37.6 Å². The first-order valence-electron chi connectivity index (χ1n) is 10.5. The molecule has 6 heteroatoms. The van der Waals surface area contributed by atoms with Crippen LogP contribution in [0.2, 0.25) is 0 Å². The summed E-state index contributed by atoms with van der Waals surface area (Å²) in [6.45, 7) is 1.61. The molecule has 0 amide bonds. The zero-order valence-electron chi connectivity index (χ0n) is 16.5. The number of fused-ring (bicyclic) bond motifs is 1. The lowest BCUT2D eigenvalue weighted by Gasteiger charge is -2.46. The highest BCUT2D eigenvalue weighted by atomic mass is 16.1. The van der Waals surface area contributed by atoms with Gasteiger partial charge < -0.3 is 4.90 Å². The molecule has 2 aromatic heterocycles. The van der Waals surface area contributed by atoms with Gasteiger partial charge in [-0.25, -0.2) is 15.0 Å². The van der Waals surface area contributed by atoms with E-state index in [4.69, 9.17) is 4.98 Å². The zero-order valence-corrected chi connectivity index (χ0v) is 16.5.